The number of imide groups is 1. The highest BCUT2D eigenvalue weighted by Gasteiger charge is 2.35. The van der Waals surface area contributed by atoms with Crippen LogP contribution in [0.1, 0.15) is 25.7 Å². The Labute approximate surface area is 180 Å². The lowest BCUT2D eigenvalue weighted by Crippen LogP contribution is -2.29. The first kappa shape index (κ1) is 20.3. The van der Waals surface area contributed by atoms with Crippen LogP contribution in [0.15, 0.2) is 47.4 Å². The molecule has 2 amide bonds. The van der Waals surface area contributed by atoms with Crippen molar-refractivity contribution in [3.63, 3.8) is 0 Å². The molecule has 4 rings (SSSR count). The van der Waals surface area contributed by atoms with E-state index in [1.54, 1.807) is 24.3 Å². The molecule has 0 bridgehead atoms. The lowest BCUT2D eigenvalue weighted by atomic mass is 10.1. The van der Waals surface area contributed by atoms with Gasteiger partial charge in [-0.3, -0.25) is 19.2 Å². The third-order valence-electron chi connectivity index (χ3n) is 4.28. The van der Waals surface area contributed by atoms with Gasteiger partial charge in [0.2, 0.25) is 5.13 Å². The van der Waals surface area contributed by atoms with Crippen LogP contribution in [0.5, 0.6) is 5.75 Å². The molecule has 0 saturated carbocycles. The summed E-state index contributed by atoms with van der Waals surface area (Å²) in [5.41, 5.74) is 0.641. The number of ether oxygens (including phenoxy) is 1. The van der Waals surface area contributed by atoms with Crippen molar-refractivity contribution in [1.82, 2.24) is 15.1 Å². The summed E-state index contributed by atoms with van der Waals surface area (Å²) < 4.78 is 32.8. The van der Waals surface area contributed by atoms with Crippen molar-refractivity contribution in [1.29, 1.82) is 0 Å². The van der Waals surface area contributed by atoms with Gasteiger partial charge in [0.1, 0.15) is 15.7 Å². The van der Waals surface area contributed by atoms with Gasteiger partial charge in [0.05, 0.1) is 24.8 Å². The molecule has 0 atom stereocenters. The largest absolute Gasteiger partial charge is 0.495 e. The molecule has 0 fully saturated rings. The number of rotatable bonds is 6. The highest BCUT2D eigenvalue weighted by molar-refractivity contribution is 7.93. The SMILES string of the molecule is COc1ccc(Cl)cc1S(=O)(=O)Nc1nnc(CN2C(=O)c3ccccc3C2=O)s1. The minimum absolute atomic E-state index is 0.0244. The van der Waals surface area contributed by atoms with Crippen molar-refractivity contribution in [2.45, 2.75) is 11.4 Å². The predicted octanol–water partition coefficient (Wildman–Crippen LogP) is 2.80. The summed E-state index contributed by atoms with van der Waals surface area (Å²) in [6, 6.07) is 10.7. The van der Waals surface area contributed by atoms with Gasteiger partial charge in [-0.25, -0.2) is 8.42 Å². The minimum Gasteiger partial charge on any atom is -0.495 e. The molecule has 0 spiro atoms. The molecule has 1 aromatic heterocycles. The summed E-state index contributed by atoms with van der Waals surface area (Å²) in [5.74, 6) is -0.754. The quantitative estimate of drug-likeness (QED) is 0.557. The second-order valence-electron chi connectivity index (χ2n) is 6.14. The maximum atomic E-state index is 12.7. The van der Waals surface area contributed by atoms with E-state index in [0.29, 0.717) is 16.1 Å². The molecule has 154 valence electrons. The van der Waals surface area contributed by atoms with Crippen LogP contribution in [0, 0.1) is 0 Å². The number of aromatic nitrogens is 2. The number of methoxy groups -OCH3 is 1. The number of fused-ring (bicyclic) bond motifs is 1. The Balaban J connectivity index is 1.54. The Morgan fingerprint density at radius 2 is 1.77 bits per heavy atom. The topological polar surface area (TPSA) is 119 Å². The number of carbonyl (C=O) groups excluding carboxylic acids is 2. The maximum Gasteiger partial charge on any atom is 0.267 e. The molecule has 3 aromatic rings. The molecule has 1 aliphatic rings. The molecule has 1 aliphatic heterocycles. The van der Waals surface area contributed by atoms with Crippen LogP contribution in [0.3, 0.4) is 0 Å². The maximum absolute atomic E-state index is 12.7. The van der Waals surface area contributed by atoms with Crippen LogP contribution in [-0.4, -0.2) is 42.4 Å². The lowest BCUT2D eigenvalue weighted by molar-refractivity contribution is 0.0642. The average Bonchev–Trinajstić information content (AvgIpc) is 3.26. The van der Waals surface area contributed by atoms with Crippen LogP contribution >= 0.6 is 22.9 Å². The molecular weight excluding hydrogens is 452 g/mol. The van der Waals surface area contributed by atoms with Gasteiger partial charge in [-0.1, -0.05) is 35.1 Å². The van der Waals surface area contributed by atoms with E-state index in [9.17, 15) is 18.0 Å². The van der Waals surface area contributed by atoms with E-state index in [1.807, 2.05) is 0 Å². The molecular formula is C18H13ClN4O5S2. The van der Waals surface area contributed by atoms with Crippen LogP contribution in [0.2, 0.25) is 5.02 Å². The van der Waals surface area contributed by atoms with Gasteiger partial charge in [0, 0.05) is 5.02 Å². The molecule has 0 aliphatic carbocycles. The van der Waals surface area contributed by atoms with Gasteiger partial charge in [-0.2, -0.15) is 0 Å². The van der Waals surface area contributed by atoms with Crippen molar-refractivity contribution >= 4 is 49.9 Å². The number of sulfonamides is 1. The Hall–Kier alpha value is -3.02. The zero-order chi connectivity index (χ0) is 21.5. The number of hydrogen-bond acceptors (Lipinski definition) is 8. The van der Waals surface area contributed by atoms with E-state index < -0.39 is 21.8 Å². The third-order valence-corrected chi connectivity index (χ3v) is 6.82. The van der Waals surface area contributed by atoms with E-state index in [4.69, 9.17) is 16.3 Å². The second-order valence-corrected chi connectivity index (χ2v) is 9.29. The Kier molecular flexibility index (Phi) is 5.18. The van der Waals surface area contributed by atoms with Crippen molar-refractivity contribution < 1.29 is 22.7 Å². The first-order chi connectivity index (χ1) is 14.3. The van der Waals surface area contributed by atoms with Crippen molar-refractivity contribution in [2.75, 3.05) is 11.8 Å². The van der Waals surface area contributed by atoms with Gasteiger partial charge in [0.15, 0.2) is 0 Å². The van der Waals surface area contributed by atoms with Crippen LogP contribution in [0.25, 0.3) is 0 Å². The Bertz CT molecular complexity index is 1240. The van der Waals surface area contributed by atoms with Gasteiger partial charge >= 0.3 is 0 Å². The highest BCUT2D eigenvalue weighted by Crippen LogP contribution is 2.30. The molecule has 0 unspecified atom stereocenters. The highest BCUT2D eigenvalue weighted by atomic mass is 35.5. The molecule has 0 radical (unpaired) electrons. The standard InChI is InChI=1S/C18H13ClN4O5S2/c1-28-13-7-6-10(19)8-14(13)30(26,27)22-18-21-20-15(29-18)9-23-16(24)11-4-2-3-5-12(11)17(23)25/h2-8H,9H2,1H3,(H,21,22). The summed E-state index contributed by atoms with van der Waals surface area (Å²) in [5, 5.41) is 8.18. The number of anilines is 1. The van der Waals surface area contributed by atoms with Gasteiger partial charge in [-0.15, -0.1) is 10.2 Å². The third kappa shape index (κ3) is 3.62. The average molecular weight is 465 g/mol. The Morgan fingerprint density at radius 1 is 1.10 bits per heavy atom. The van der Waals surface area contributed by atoms with E-state index >= 15 is 0 Å². The number of nitrogens with zero attached hydrogens (tertiary/aromatic N) is 3. The summed E-state index contributed by atoms with van der Waals surface area (Å²) in [7, 11) is -2.72. The summed E-state index contributed by atoms with van der Waals surface area (Å²) in [6.45, 7) is -0.119. The van der Waals surface area contributed by atoms with Crippen molar-refractivity contribution in [3.8, 4) is 5.75 Å². The zero-order valence-electron chi connectivity index (χ0n) is 15.3. The van der Waals surface area contributed by atoms with E-state index in [2.05, 4.69) is 14.9 Å². The smallest absolute Gasteiger partial charge is 0.267 e. The number of carbonyl (C=O) groups is 2. The lowest BCUT2D eigenvalue weighted by Gasteiger charge is -2.11. The van der Waals surface area contributed by atoms with Gasteiger partial charge < -0.3 is 4.74 Å². The van der Waals surface area contributed by atoms with E-state index in [0.717, 1.165) is 16.2 Å². The first-order valence-electron chi connectivity index (χ1n) is 8.44. The Morgan fingerprint density at radius 3 is 2.40 bits per heavy atom. The fraction of sp³-hybridized carbons (Fsp3) is 0.111. The fourth-order valence-electron chi connectivity index (χ4n) is 2.91. The number of nitrogens with one attached hydrogen (secondary N) is 1. The van der Waals surface area contributed by atoms with Crippen LogP contribution in [0.4, 0.5) is 5.13 Å². The molecule has 12 heteroatoms. The van der Waals surface area contributed by atoms with Gasteiger partial charge in [0.25, 0.3) is 21.8 Å². The molecule has 1 N–H and O–H groups in total. The minimum atomic E-state index is -4.06. The van der Waals surface area contributed by atoms with E-state index in [-0.39, 0.29) is 27.3 Å². The number of halogens is 1. The molecule has 2 heterocycles. The second kappa shape index (κ2) is 7.67. The molecule has 2 aromatic carbocycles. The number of amides is 2. The molecule has 0 saturated heterocycles. The number of hydrogen-bond donors (Lipinski definition) is 1. The molecule has 30 heavy (non-hydrogen) atoms. The summed E-state index contributed by atoms with van der Waals surface area (Å²) in [4.78, 5) is 25.8. The van der Waals surface area contributed by atoms with Gasteiger partial charge in [-0.05, 0) is 30.3 Å². The normalized spacial score (nSPS) is 13.5. The van der Waals surface area contributed by atoms with Crippen molar-refractivity contribution in [2.24, 2.45) is 0 Å². The summed E-state index contributed by atoms with van der Waals surface area (Å²) >= 11 is 6.81. The fourth-order valence-corrected chi connectivity index (χ4v) is 5.30. The molecule has 9 nitrogen and oxygen atoms in total. The van der Waals surface area contributed by atoms with Crippen LogP contribution < -0.4 is 9.46 Å². The zero-order valence-corrected chi connectivity index (χ0v) is 17.7. The summed E-state index contributed by atoms with van der Waals surface area (Å²) in [6.07, 6.45) is 0. The monoisotopic (exact) mass is 464 g/mol. The van der Waals surface area contributed by atoms with Crippen molar-refractivity contribution in [3.05, 3.63) is 63.6 Å². The first-order valence-corrected chi connectivity index (χ1v) is 11.1. The van der Waals surface area contributed by atoms with Crippen LogP contribution in [-0.2, 0) is 16.6 Å². The predicted molar refractivity (Wildman–Crippen MR) is 109 cm³/mol. The van der Waals surface area contributed by atoms with E-state index in [1.165, 1.54) is 25.3 Å². The number of benzene rings is 2.